The number of nitrogens with one attached hydrogen (secondary N) is 1. The van der Waals surface area contributed by atoms with Gasteiger partial charge in [-0.15, -0.1) is 6.42 Å². The van der Waals surface area contributed by atoms with Crippen molar-refractivity contribution in [3.63, 3.8) is 0 Å². The summed E-state index contributed by atoms with van der Waals surface area (Å²) in [6, 6.07) is -0.643. The number of terminal acetylenes is 1. The third-order valence-electron chi connectivity index (χ3n) is 1.19. The second-order valence-corrected chi connectivity index (χ2v) is 2.19. The van der Waals surface area contributed by atoms with Crippen LogP contribution in [0.5, 0.6) is 0 Å². The summed E-state index contributed by atoms with van der Waals surface area (Å²) in [5, 5.41) is 2.38. The van der Waals surface area contributed by atoms with E-state index in [0.717, 1.165) is 0 Å². The Labute approximate surface area is 71.3 Å². The van der Waals surface area contributed by atoms with Crippen LogP contribution in [-0.4, -0.2) is 25.0 Å². The zero-order valence-corrected chi connectivity index (χ0v) is 7.09. The lowest BCUT2D eigenvalue weighted by atomic mass is 10.3. The molecule has 66 valence electrons. The highest BCUT2D eigenvalue weighted by Gasteiger charge is 2.14. The molecule has 0 heterocycles. The lowest BCUT2D eigenvalue weighted by Crippen LogP contribution is -2.38. The van der Waals surface area contributed by atoms with Crippen molar-refractivity contribution in [3.05, 3.63) is 0 Å². The third-order valence-corrected chi connectivity index (χ3v) is 1.19. The average molecular weight is 169 g/mol. The maximum Gasteiger partial charge on any atom is 0.328 e. The number of rotatable bonds is 3. The Kier molecular flexibility index (Phi) is 4.54. The second-order valence-electron chi connectivity index (χ2n) is 2.19. The van der Waals surface area contributed by atoms with Gasteiger partial charge in [0.2, 0.25) is 5.91 Å². The molecule has 4 nitrogen and oxygen atoms in total. The molecule has 1 N–H and O–H groups in total. The summed E-state index contributed by atoms with van der Waals surface area (Å²) in [5.74, 6) is 1.33. The van der Waals surface area contributed by atoms with Crippen molar-refractivity contribution in [2.45, 2.75) is 19.4 Å². The predicted molar refractivity (Wildman–Crippen MR) is 43.1 cm³/mol. The summed E-state index contributed by atoms with van der Waals surface area (Å²) >= 11 is 0. The van der Waals surface area contributed by atoms with Crippen LogP contribution in [0, 0.1) is 12.3 Å². The molecule has 12 heavy (non-hydrogen) atoms. The molecule has 0 rings (SSSR count). The van der Waals surface area contributed by atoms with Crippen LogP contribution in [0.25, 0.3) is 0 Å². The lowest BCUT2D eigenvalue weighted by Gasteiger charge is -2.09. The van der Waals surface area contributed by atoms with Crippen LogP contribution in [0.4, 0.5) is 0 Å². The van der Waals surface area contributed by atoms with Gasteiger partial charge in [-0.05, 0) is 6.92 Å². The summed E-state index contributed by atoms with van der Waals surface area (Å²) in [4.78, 5) is 21.6. The number of carbonyl (C=O) groups excluding carboxylic acids is 2. The van der Waals surface area contributed by atoms with Crippen LogP contribution < -0.4 is 5.32 Å². The van der Waals surface area contributed by atoms with E-state index in [9.17, 15) is 9.59 Å². The predicted octanol–water partition coefficient (Wildman–Crippen LogP) is -0.313. The van der Waals surface area contributed by atoms with E-state index >= 15 is 0 Å². The Morgan fingerprint density at radius 2 is 2.25 bits per heavy atom. The monoisotopic (exact) mass is 169 g/mol. The molecule has 4 heteroatoms. The molecule has 0 spiro atoms. The van der Waals surface area contributed by atoms with Gasteiger partial charge in [-0.25, -0.2) is 4.79 Å². The van der Waals surface area contributed by atoms with Crippen LogP contribution in [-0.2, 0) is 14.3 Å². The molecule has 0 aliphatic carbocycles. The first-order valence-electron chi connectivity index (χ1n) is 3.42. The molecule has 0 bridgehead atoms. The Hall–Kier alpha value is -1.50. The summed E-state index contributed by atoms with van der Waals surface area (Å²) in [5.41, 5.74) is 0. The fourth-order valence-electron chi connectivity index (χ4n) is 0.621. The van der Waals surface area contributed by atoms with Gasteiger partial charge in [0, 0.05) is 0 Å². The van der Waals surface area contributed by atoms with Crippen molar-refractivity contribution < 1.29 is 14.3 Å². The molecule has 0 aliphatic heterocycles. The van der Waals surface area contributed by atoms with Crippen molar-refractivity contribution in [1.82, 2.24) is 5.32 Å². The summed E-state index contributed by atoms with van der Waals surface area (Å²) < 4.78 is 4.39. The maximum atomic E-state index is 10.8. The Bertz CT molecular complexity index is 217. The van der Waals surface area contributed by atoms with E-state index in [0.29, 0.717) is 0 Å². The van der Waals surface area contributed by atoms with E-state index in [-0.39, 0.29) is 12.3 Å². The van der Waals surface area contributed by atoms with Crippen molar-refractivity contribution >= 4 is 11.9 Å². The van der Waals surface area contributed by atoms with Gasteiger partial charge in [-0.1, -0.05) is 5.92 Å². The number of ether oxygens (including phenoxy) is 1. The smallest absolute Gasteiger partial charge is 0.328 e. The molecule has 1 atom stereocenters. The van der Waals surface area contributed by atoms with Crippen molar-refractivity contribution in [1.29, 1.82) is 0 Å². The minimum absolute atomic E-state index is 0.0265. The van der Waals surface area contributed by atoms with E-state index in [1.165, 1.54) is 14.0 Å². The summed E-state index contributed by atoms with van der Waals surface area (Å²) in [7, 11) is 1.26. The summed E-state index contributed by atoms with van der Waals surface area (Å²) in [6.45, 7) is 1.53. The standard InChI is InChI=1S/C8H11NO3/c1-4-5-7(10)9-6(2)8(11)12-3/h1,6H,5H2,2-3H3,(H,9,10). The third kappa shape index (κ3) is 3.62. The van der Waals surface area contributed by atoms with Crippen LogP contribution in [0.1, 0.15) is 13.3 Å². The molecular weight excluding hydrogens is 158 g/mol. The quantitative estimate of drug-likeness (QED) is 0.465. The summed E-state index contributed by atoms with van der Waals surface area (Å²) in [6.07, 6.45) is 4.86. The Morgan fingerprint density at radius 1 is 1.67 bits per heavy atom. The average Bonchev–Trinajstić information content (AvgIpc) is 2.03. The zero-order chi connectivity index (χ0) is 9.56. The number of hydrogen-bond acceptors (Lipinski definition) is 3. The fourth-order valence-corrected chi connectivity index (χ4v) is 0.621. The molecule has 0 aromatic heterocycles. The molecule has 0 radical (unpaired) electrons. The highest BCUT2D eigenvalue weighted by molar-refractivity contribution is 5.85. The SMILES string of the molecule is C#CCC(=O)NC(C)C(=O)OC. The largest absolute Gasteiger partial charge is 0.467 e. The van der Waals surface area contributed by atoms with E-state index < -0.39 is 12.0 Å². The topological polar surface area (TPSA) is 55.4 Å². The first-order chi connectivity index (χ1) is 5.61. The molecule has 0 saturated carbocycles. The van der Waals surface area contributed by atoms with E-state index in [4.69, 9.17) is 6.42 Å². The highest BCUT2D eigenvalue weighted by atomic mass is 16.5. The van der Waals surface area contributed by atoms with Gasteiger partial charge in [0.25, 0.3) is 0 Å². The minimum Gasteiger partial charge on any atom is -0.467 e. The molecular formula is C8H11NO3. The van der Waals surface area contributed by atoms with Gasteiger partial charge in [-0.3, -0.25) is 4.79 Å². The van der Waals surface area contributed by atoms with Crippen molar-refractivity contribution in [2.24, 2.45) is 0 Å². The molecule has 0 fully saturated rings. The first kappa shape index (κ1) is 10.5. The number of methoxy groups -OCH3 is 1. The van der Waals surface area contributed by atoms with Crippen LogP contribution in [0.15, 0.2) is 0 Å². The molecule has 1 unspecified atom stereocenters. The zero-order valence-electron chi connectivity index (χ0n) is 7.09. The Morgan fingerprint density at radius 3 is 2.67 bits per heavy atom. The number of carbonyl (C=O) groups is 2. The molecule has 1 amide bonds. The van der Waals surface area contributed by atoms with Crippen molar-refractivity contribution in [3.8, 4) is 12.3 Å². The van der Waals surface area contributed by atoms with Crippen LogP contribution in [0.3, 0.4) is 0 Å². The first-order valence-corrected chi connectivity index (χ1v) is 3.42. The van der Waals surface area contributed by atoms with E-state index in [1.807, 2.05) is 0 Å². The van der Waals surface area contributed by atoms with Crippen LogP contribution >= 0.6 is 0 Å². The number of esters is 1. The van der Waals surface area contributed by atoms with Gasteiger partial charge >= 0.3 is 5.97 Å². The highest BCUT2D eigenvalue weighted by Crippen LogP contribution is 1.86. The van der Waals surface area contributed by atoms with Gasteiger partial charge in [0.15, 0.2) is 0 Å². The van der Waals surface area contributed by atoms with Crippen molar-refractivity contribution in [2.75, 3.05) is 7.11 Å². The lowest BCUT2D eigenvalue weighted by molar-refractivity contribution is -0.144. The number of amides is 1. The Balaban J connectivity index is 3.85. The van der Waals surface area contributed by atoms with E-state index in [2.05, 4.69) is 16.0 Å². The molecule has 0 aliphatic rings. The molecule has 0 saturated heterocycles. The molecule has 0 aromatic rings. The van der Waals surface area contributed by atoms with Gasteiger partial charge in [0.05, 0.1) is 13.5 Å². The van der Waals surface area contributed by atoms with Gasteiger partial charge in [0.1, 0.15) is 6.04 Å². The van der Waals surface area contributed by atoms with E-state index in [1.54, 1.807) is 0 Å². The maximum absolute atomic E-state index is 10.8. The fraction of sp³-hybridized carbons (Fsp3) is 0.500. The molecule has 0 aromatic carbocycles. The second kappa shape index (κ2) is 5.19. The van der Waals surface area contributed by atoms with Crippen LogP contribution in [0.2, 0.25) is 0 Å². The number of hydrogen-bond donors (Lipinski definition) is 1. The van der Waals surface area contributed by atoms with Gasteiger partial charge < -0.3 is 10.1 Å². The normalized spacial score (nSPS) is 11.1. The van der Waals surface area contributed by atoms with Gasteiger partial charge in [-0.2, -0.15) is 0 Å². The minimum atomic E-state index is -0.643.